The molecule has 19 heavy (non-hydrogen) atoms. The van der Waals surface area contributed by atoms with Crippen LogP contribution >= 0.6 is 0 Å². The Morgan fingerprint density at radius 3 is 2.68 bits per heavy atom. The molecule has 0 spiro atoms. The second kappa shape index (κ2) is 7.74. The number of carbonyl (C=O) groups is 1. The number of hydrogen-bond donors (Lipinski definition) is 2. The van der Waals surface area contributed by atoms with Gasteiger partial charge in [0.2, 0.25) is 5.91 Å². The maximum absolute atomic E-state index is 13.3. The van der Waals surface area contributed by atoms with Gasteiger partial charge in [-0.2, -0.15) is 0 Å². The van der Waals surface area contributed by atoms with Crippen molar-refractivity contribution in [3.63, 3.8) is 0 Å². The molecule has 106 valence electrons. The minimum absolute atomic E-state index is 0.0382. The largest absolute Gasteiger partial charge is 0.365 e. The van der Waals surface area contributed by atoms with E-state index in [1.807, 2.05) is 25.8 Å². The molecule has 0 fully saturated rings. The standard InChI is InChI=1S/C14H22FN3O/c1-4-16-9-11-8-12(15)6-7-13(11)18(3)10-14(19)17-5-2/h6-8,16H,4-5,9-10H2,1-3H3,(H,17,19). The summed E-state index contributed by atoms with van der Waals surface area (Å²) >= 11 is 0. The lowest BCUT2D eigenvalue weighted by molar-refractivity contribution is -0.119. The molecule has 0 aliphatic carbocycles. The highest BCUT2D eigenvalue weighted by Crippen LogP contribution is 2.20. The fourth-order valence-corrected chi connectivity index (χ4v) is 1.88. The molecular formula is C14H22FN3O. The number of rotatable bonds is 7. The third-order valence-corrected chi connectivity index (χ3v) is 2.77. The summed E-state index contributed by atoms with van der Waals surface area (Å²) < 4.78 is 13.3. The third-order valence-electron chi connectivity index (χ3n) is 2.77. The van der Waals surface area contributed by atoms with Crippen LogP contribution in [0.4, 0.5) is 10.1 Å². The van der Waals surface area contributed by atoms with Gasteiger partial charge in [-0.1, -0.05) is 6.92 Å². The molecule has 0 bridgehead atoms. The third kappa shape index (κ3) is 4.87. The van der Waals surface area contributed by atoms with E-state index in [0.29, 0.717) is 13.1 Å². The van der Waals surface area contributed by atoms with Gasteiger partial charge in [-0.3, -0.25) is 4.79 Å². The molecule has 1 amide bonds. The molecule has 0 unspecified atom stereocenters. The van der Waals surface area contributed by atoms with Gasteiger partial charge in [0.1, 0.15) is 5.82 Å². The van der Waals surface area contributed by atoms with Gasteiger partial charge in [-0.15, -0.1) is 0 Å². The maximum Gasteiger partial charge on any atom is 0.239 e. The van der Waals surface area contributed by atoms with Crippen LogP contribution in [0.15, 0.2) is 18.2 Å². The van der Waals surface area contributed by atoms with Crippen molar-refractivity contribution in [3.8, 4) is 0 Å². The lowest BCUT2D eigenvalue weighted by Crippen LogP contribution is -2.35. The van der Waals surface area contributed by atoms with Crippen molar-refractivity contribution < 1.29 is 9.18 Å². The molecule has 0 saturated carbocycles. The number of likely N-dealkylation sites (N-methyl/N-ethyl adjacent to an activating group) is 2. The molecule has 0 heterocycles. The molecule has 0 saturated heterocycles. The van der Waals surface area contributed by atoms with Crippen molar-refractivity contribution in [1.29, 1.82) is 0 Å². The molecule has 1 rings (SSSR count). The van der Waals surface area contributed by atoms with Crippen molar-refractivity contribution >= 4 is 11.6 Å². The topological polar surface area (TPSA) is 44.4 Å². The van der Waals surface area contributed by atoms with Crippen molar-refractivity contribution in [3.05, 3.63) is 29.6 Å². The van der Waals surface area contributed by atoms with E-state index in [1.54, 1.807) is 6.07 Å². The van der Waals surface area contributed by atoms with Crippen LogP contribution in [0.3, 0.4) is 0 Å². The Kier molecular flexibility index (Phi) is 6.29. The van der Waals surface area contributed by atoms with Crippen LogP contribution in [-0.2, 0) is 11.3 Å². The monoisotopic (exact) mass is 267 g/mol. The van der Waals surface area contributed by atoms with Gasteiger partial charge in [-0.05, 0) is 37.2 Å². The second-order valence-electron chi connectivity index (χ2n) is 4.36. The Morgan fingerprint density at radius 1 is 1.32 bits per heavy atom. The first-order valence-corrected chi connectivity index (χ1v) is 6.55. The van der Waals surface area contributed by atoms with Crippen LogP contribution in [0.5, 0.6) is 0 Å². The molecule has 2 N–H and O–H groups in total. The van der Waals surface area contributed by atoms with E-state index < -0.39 is 0 Å². The molecule has 0 aliphatic rings. The van der Waals surface area contributed by atoms with Crippen LogP contribution in [-0.4, -0.2) is 32.6 Å². The zero-order valence-electron chi connectivity index (χ0n) is 11.8. The van der Waals surface area contributed by atoms with Crippen LogP contribution in [0, 0.1) is 5.82 Å². The van der Waals surface area contributed by atoms with Crippen LogP contribution in [0.1, 0.15) is 19.4 Å². The molecule has 0 atom stereocenters. The van der Waals surface area contributed by atoms with Crippen molar-refractivity contribution in [2.45, 2.75) is 20.4 Å². The fourth-order valence-electron chi connectivity index (χ4n) is 1.88. The SMILES string of the molecule is CCNCc1cc(F)ccc1N(C)CC(=O)NCC. The first-order chi connectivity index (χ1) is 9.08. The van der Waals surface area contributed by atoms with E-state index in [2.05, 4.69) is 10.6 Å². The zero-order valence-corrected chi connectivity index (χ0v) is 11.8. The van der Waals surface area contributed by atoms with E-state index in [1.165, 1.54) is 12.1 Å². The number of carbonyl (C=O) groups excluding carboxylic acids is 1. The molecule has 0 aliphatic heterocycles. The number of nitrogens with one attached hydrogen (secondary N) is 2. The zero-order chi connectivity index (χ0) is 14.3. The number of anilines is 1. The summed E-state index contributed by atoms with van der Waals surface area (Å²) in [5.41, 5.74) is 1.72. The highest BCUT2D eigenvalue weighted by atomic mass is 19.1. The fraction of sp³-hybridized carbons (Fsp3) is 0.500. The van der Waals surface area contributed by atoms with E-state index in [4.69, 9.17) is 0 Å². The molecule has 5 heteroatoms. The Hall–Kier alpha value is -1.62. The van der Waals surface area contributed by atoms with Crippen molar-refractivity contribution in [2.75, 3.05) is 31.6 Å². The van der Waals surface area contributed by atoms with Gasteiger partial charge in [0.05, 0.1) is 6.54 Å². The minimum Gasteiger partial charge on any atom is -0.365 e. The van der Waals surface area contributed by atoms with Gasteiger partial charge in [0, 0.05) is 25.8 Å². The summed E-state index contributed by atoms with van der Waals surface area (Å²) in [7, 11) is 1.83. The number of amides is 1. The Labute approximate surface area is 114 Å². The highest BCUT2D eigenvalue weighted by molar-refractivity contribution is 5.81. The van der Waals surface area contributed by atoms with Crippen LogP contribution < -0.4 is 15.5 Å². The van der Waals surface area contributed by atoms with E-state index in [9.17, 15) is 9.18 Å². The number of hydrogen-bond acceptors (Lipinski definition) is 3. The average Bonchev–Trinajstić information content (AvgIpc) is 2.36. The van der Waals surface area contributed by atoms with E-state index in [0.717, 1.165) is 17.8 Å². The van der Waals surface area contributed by atoms with Gasteiger partial charge >= 0.3 is 0 Å². The summed E-state index contributed by atoms with van der Waals surface area (Å²) in [5, 5.41) is 5.92. The number of halogens is 1. The van der Waals surface area contributed by atoms with Gasteiger partial charge in [0.25, 0.3) is 0 Å². The van der Waals surface area contributed by atoms with E-state index in [-0.39, 0.29) is 18.3 Å². The van der Waals surface area contributed by atoms with Gasteiger partial charge in [0.15, 0.2) is 0 Å². The normalized spacial score (nSPS) is 10.3. The van der Waals surface area contributed by atoms with Gasteiger partial charge < -0.3 is 15.5 Å². The molecule has 4 nitrogen and oxygen atoms in total. The molecule has 1 aromatic rings. The maximum atomic E-state index is 13.3. The lowest BCUT2D eigenvalue weighted by Gasteiger charge is -2.22. The van der Waals surface area contributed by atoms with Crippen molar-refractivity contribution in [1.82, 2.24) is 10.6 Å². The molecule has 1 aromatic carbocycles. The predicted octanol–water partition coefficient (Wildman–Crippen LogP) is 1.51. The lowest BCUT2D eigenvalue weighted by atomic mass is 10.1. The summed E-state index contributed by atoms with van der Waals surface area (Å²) in [6, 6.07) is 4.63. The Bertz CT molecular complexity index is 423. The second-order valence-corrected chi connectivity index (χ2v) is 4.36. The summed E-state index contributed by atoms with van der Waals surface area (Å²) in [5.74, 6) is -0.299. The average molecular weight is 267 g/mol. The molecule has 0 radical (unpaired) electrons. The van der Waals surface area contributed by atoms with Crippen molar-refractivity contribution in [2.24, 2.45) is 0 Å². The Balaban J connectivity index is 2.82. The first-order valence-electron chi connectivity index (χ1n) is 6.55. The predicted molar refractivity (Wildman–Crippen MR) is 75.7 cm³/mol. The summed E-state index contributed by atoms with van der Waals surface area (Å²) in [6.07, 6.45) is 0. The van der Waals surface area contributed by atoms with Crippen LogP contribution in [0.25, 0.3) is 0 Å². The Morgan fingerprint density at radius 2 is 2.05 bits per heavy atom. The number of nitrogens with zero attached hydrogens (tertiary/aromatic N) is 1. The smallest absolute Gasteiger partial charge is 0.239 e. The van der Waals surface area contributed by atoms with Gasteiger partial charge in [-0.25, -0.2) is 4.39 Å². The summed E-state index contributed by atoms with van der Waals surface area (Å²) in [6.45, 7) is 6.15. The summed E-state index contributed by atoms with van der Waals surface area (Å²) in [4.78, 5) is 13.4. The van der Waals surface area contributed by atoms with E-state index >= 15 is 0 Å². The molecular weight excluding hydrogens is 245 g/mol. The molecule has 0 aromatic heterocycles. The highest BCUT2D eigenvalue weighted by Gasteiger charge is 2.11. The minimum atomic E-state index is -0.261. The quantitative estimate of drug-likeness (QED) is 0.787. The number of benzene rings is 1. The van der Waals surface area contributed by atoms with Crippen LogP contribution in [0.2, 0.25) is 0 Å². The first kappa shape index (κ1) is 15.4.